The second-order valence-corrected chi connectivity index (χ2v) is 8.97. The molecule has 0 unspecified atom stereocenters. The molecule has 0 atom stereocenters. The number of benzene rings is 1. The number of hydrogen-bond acceptors (Lipinski definition) is 3. The van der Waals surface area contributed by atoms with Crippen molar-refractivity contribution in [2.45, 2.75) is 43.6 Å². The summed E-state index contributed by atoms with van der Waals surface area (Å²) < 4.78 is 14.3. The van der Waals surface area contributed by atoms with E-state index in [9.17, 15) is 14.0 Å². The van der Waals surface area contributed by atoms with Crippen LogP contribution in [0.25, 0.3) is 0 Å². The fourth-order valence-electron chi connectivity index (χ4n) is 3.21. The lowest BCUT2D eigenvalue weighted by molar-refractivity contribution is -0.124. The number of halogens is 2. The average molecular weight is 489 g/mol. The minimum Gasteiger partial charge on any atom is -0.352 e. The molecule has 1 heterocycles. The summed E-state index contributed by atoms with van der Waals surface area (Å²) in [4.78, 5) is 26.5. The topological polar surface area (TPSA) is 61.4 Å². The van der Waals surface area contributed by atoms with Crippen LogP contribution in [0.15, 0.2) is 18.2 Å². The van der Waals surface area contributed by atoms with Crippen LogP contribution in [0.5, 0.6) is 0 Å². The minimum absolute atomic E-state index is 0.0476. The molecule has 1 aliphatic rings. The van der Waals surface area contributed by atoms with Crippen molar-refractivity contribution in [3.63, 3.8) is 0 Å². The van der Waals surface area contributed by atoms with Gasteiger partial charge in [-0.25, -0.2) is 4.39 Å². The van der Waals surface area contributed by atoms with Crippen LogP contribution in [0, 0.1) is 11.7 Å². The van der Waals surface area contributed by atoms with Gasteiger partial charge in [0.2, 0.25) is 5.91 Å². The SMILES string of the molecule is CC(C)(C)NC(=O)CN1CCC(CNC(=O)c2cc(F)cc(CI)c2)CC1. The monoisotopic (exact) mass is 489 g/mol. The molecule has 1 aromatic carbocycles. The van der Waals surface area contributed by atoms with Gasteiger partial charge in [0.1, 0.15) is 5.82 Å². The highest BCUT2D eigenvalue weighted by molar-refractivity contribution is 14.1. The molecule has 1 saturated heterocycles. The molecule has 0 aromatic heterocycles. The van der Waals surface area contributed by atoms with E-state index in [2.05, 4.69) is 38.1 Å². The number of rotatable bonds is 6. The average Bonchev–Trinajstić information content (AvgIpc) is 2.58. The van der Waals surface area contributed by atoms with Gasteiger partial charge >= 0.3 is 0 Å². The minimum atomic E-state index is -0.379. The Bertz CT molecular complexity index is 668. The number of hydrogen-bond donors (Lipinski definition) is 2. The first-order chi connectivity index (χ1) is 12.7. The molecule has 2 N–H and O–H groups in total. The third kappa shape index (κ3) is 7.73. The lowest BCUT2D eigenvalue weighted by Crippen LogP contribution is -2.48. The zero-order valence-corrected chi connectivity index (χ0v) is 18.4. The molecule has 2 rings (SSSR count). The van der Waals surface area contributed by atoms with Gasteiger partial charge < -0.3 is 10.6 Å². The van der Waals surface area contributed by atoms with Crippen molar-refractivity contribution in [3.8, 4) is 0 Å². The summed E-state index contributed by atoms with van der Waals surface area (Å²) >= 11 is 2.15. The van der Waals surface area contributed by atoms with Gasteiger partial charge in [-0.3, -0.25) is 14.5 Å². The Balaban J connectivity index is 1.75. The first kappa shape index (κ1) is 22.1. The van der Waals surface area contributed by atoms with Crippen LogP contribution in [-0.4, -0.2) is 48.4 Å². The van der Waals surface area contributed by atoms with Crippen molar-refractivity contribution < 1.29 is 14.0 Å². The van der Waals surface area contributed by atoms with Crippen LogP contribution in [0.3, 0.4) is 0 Å². The van der Waals surface area contributed by atoms with Gasteiger partial charge in [-0.15, -0.1) is 0 Å². The number of amides is 2. The van der Waals surface area contributed by atoms with E-state index < -0.39 is 0 Å². The van der Waals surface area contributed by atoms with E-state index in [0.29, 0.717) is 29.0 Å². The third-order valence-electron chi connectivity index (χ3n) is 4.51. The van der Waals surface area contributed by atoms with Crippen molar-refractivity contribution in [2.24, 2.45) is 5.92 Å². The Hall–Kier alpha value is -1.22. The maximum absolute atomic E-state index is 13.6. The first-order valence-corrected chi connectivity index (χ1v) is 10.9. The fraction of sp³-hybridized carbons (Fsp3) is 0.600. The van der Waals surface area contributed by atoms with E-state index >= 15 is 0 Å². The summed E-state index contributed by atoms with van der Waals surface area (Å²) in [7, 11) is 0. The molecule has 1 fully saturated rings. The van der Waals surface area contributed by atoms with Crippen molar-refractivity contribution in [3.05, 3.63) is 35.1 Å². The van der Waals surface area contributed by atoms with Crippen molar-refractivity contribution in [2.75, 3.05) is 26.2 Å². The molecule has 7 heteroatoms. The van der Waals surface area contributed by atoms with Gasteiger partial charge in [0.25, 0.3) is 5.91 Å². The van der Waals surface area contributed by atoms with Gasteiger partial charge in [-0.05, 0) is 76.4 Å². The molecule has 0 aliphatic carbocycles. The number of piperidine rings is 1. The van der Waals surface area contributed by atoms with Crippen LogP contribution < -0.4 is 10.6 Å². The van der Waals surface area contributed by atoms with Crippen molar-refractivity contribution in [1.82, 2.24) is 15.5 Å². The van der Waals surface area contributed by atoms with Gasteiger partial charge in [0, 0.05) is 22.1 Å². The first-order valence-electron chi connectivity index (χ1n) is 9.33. The number of likely N-dealkylation sites (tertiary alicyclic amines) is 1. The molecule has 0 spiro atoms. The van der Waals surface area contributed by atoms with E-state index in [0.717, 1.165) is 31.5 Å². The highest BCUT2D eigenvalue weighted by Crippen LogP contribution is 2.17. The third-order valence-corrected chi connectivity index (χ3v) is 5.39. The molecule has 1 aliphatic heterocycles. The van der Waals surface area contributed by atoms with Crippen LogP contribution in [-0.2, 0) is 9.22 Å². The molecular formula is C20H29FIN3O2. The molecule has 0 radical (unpaired) electrons. The summed E-state index contributed by atoms with van der Waals surface area (Å²) in [6, 6.07) is 4.47. The van der Waals surface area contributed by atoms with Crippen LogP contribution in [0.4, 0.5) is 4.39 Å². The Labute approximate surface area is 174 Å². The van der Waals surface area contributed by atoms with E-state index in [-0.39, 0.29) is 23.2 Å². The second-order valence-electron chi connectivity index (χ2n) is 8.21. The summed E-state index contributed by atoms with van der Waals surface area (Å²) in [6.45, 7) is 8.61. The molecule has 2 amide bonds. The van der Waals surface area contributed by atoms with Gasteiger partial charge in [0.05, 0.1) is 6.54 Å². The number of nitrogens with zero attached hydrogens (tertiary/aromatic N) is 1. The smallest absolute Gasteiger partial charge is 0.251 e. The summed E-state index contributed by atoms with van der Waals surface area (Å²) in [5, 5.41) is 5.91. The molecule has 0 bridgehead atoms. The zero-order valence-electron chi connectivity index (χ0n) is 16.3. The predicted molar refractivity (Wildman–Crippen MR) is 114 cm³/mol. The van der Waals surface area contributed by atoms with E-state index in [1.807, 2.05) is 20.8 Å². The molecule has 5 nitrogen and oxygen atoms in total. The fourth-order valence-corrected chi connectivity index (χ4v) is 3.65. The highest BCUT2D eigenvalue weighted by Gasteiger charge is 2.23. The lowest BCUT2D eigenvalue weighted by atomic mass is 9.96. The highest BCUT2D eigenvalue weighted by atomic mass is 127. The molecule has 1 aromatic rings. The summed E-state index contributed by atoms with van der Waals surface area (Å²) in [5.74, 6) is -0.177. The molecule has 0 saturated carbocycles. The number of carbonyl (C=O) groups excluding carboxylic acids is 2. The zero-order chi connectivity index (χ0) is 20.0. The number of alkyl halides is 1. The van der Waals surface area contributed by atoms with E-state index in [1.54, 1.807) is 6.07 Å². The molecular weight excluding hydrogens is 460 g/mol. The Morgan fingerprint density at radius 1 is 1.22 bits per heavy atom. The standard InChI is InChI=1S/C20H29FIN3O2/c1-20(2,3)24-18(26)13-25-6-4-14(5-7-25)12-23-19(27)16-8-15(11-22)9-17(21)10-16/h8-10,14H,4-7,11-13H2,1-3H3,(H,23,27)(H,24,26). The molecule has 150 valence electrons. The largest absolute Gasteiger partial charge is 0.352 e. The quantitative estimate of drug-likeness (QED) is 0.477. The Kier molecular flexibility index (Phi) is 8.03. The van der Waals surface area contributed by atoms with Crippen molar-refractivity contribution in [1.29, 1.82) is 0 Å². The summed E-state index contributed by atoms with van der Waals surface area (Å²) in [5.41, 5.74) is 0.967. The maximum Gasteiger partial charge on any atom is 0.251 e. The van der Waals surface area contributed by atoms with Crippen molar-refractivity contribution >= 4 is 34.4 Å². The van der Waals surface area contributed by atoms with Crippen LogP contribution in [0.2, 0.25) is 0 Å². The van der Waals surface area contributed by atoms with Gasteiger partial charge in [-0.1, -0.05) is 22.6 Å². The normalized spacial score (nSPS) is 16.2. The van der Waals surface area contributed by atoms with Gasteiger partial charge in [0.15, 0.2) is 0 Å². The van der Waals surface area contributed by atoms with Crippen LogP contribution >= 0.6 is 22.6 Å². The number of nitrogens with one attached hydrogen (secondary N) is 2. The lowest BCUT2D eigenvalue weighted by Gasteiger charge is -2.32. The second kappa shape index (κ2) is 9.82. The molecule has 27 heavy (non-hydrogen) atoms. The predicted octanol–water partition coefficient (Wildman–Crippen LogP) is 3.12. The van der Waals surface area contributed by atoms with Crippen LogP contribution in [0.1, 0.15) is 49.5 Å². The Morgan fingerprint density at radius 3 is 2.48 bits per heavy atom. The Morgan fingerprint density at radius 2 is 1.89 bits per heavy atom. The van der Waals surface area contributed by atoms with E-state index in [4.69, 9.17) is 0 Å². The maximum atomic E-state index is 13.6. The number of carbonyl (C=O) groups is 2. The van der Waals surface area contributed by atoms with E-state index in [1.165, 1.54) is 12.1 Å². The van der Waals surface area contributed by atoms with Gasteiger partial charge in [-0.2, -0.15) is 0 Å². The summed E-state index contributed by atoms with van der Waals surface area (Å²) in [6.07, 6.45) is 1.87.